The van der Waals surface area contributed by atoms with E-state index in [1.165, 1.54) is 0 Å². The third-order valence-electron chi connectivity index (χ3n) is 4.26. The first kappa shape index (κ1) is 22.2. The molecule has 0 radical (unpaired) electrons. The normalized spacial score (nSPS) is 10.5. The number of imidazole rings is 1. The summed E-state index contributed by atoms with van der Waals surface area (Å²) in [5, 5.41) is 14.8. The molecule has 8 nitrogen and oxygen atoms in total. The van der Waals surface area contributed by atoms with Gasteiger partial charge in [0.1, 0.15) is 17.4 Å². The summed E-state index contributed by atoms with van der Waals surface area (Å²) in [5.74, 6) is -1.07. The lowest BCUT2D eigenvalue weighted by molar-refractivity contribution is -0.159. The van der Waals surface area contributed by atoms with E-state index in [4.69, 9.17) is 29.5 Å². The predicted molar refractivity (Wildman–Crippen MR) is 121 cm³/mol. The van der Waals surface area contributed by atoms with Gasteiger partial charge in [0.15, 0.2) is 0 Å². The van der Waals surface area contributed by atoms with Gasteiger partial charge in [-0.05, 0) is 55.0 Å². The molecule has 2 aromatic heterocycles. The zero-order valence-electron chi connectivity index (χ0n) is 17.3. The molecule has 0 spiro atoms. The number of hydrogen-bond acceptors (Lipinski definition) is 5. The maximum Gasteiger partial charge on any atom is 0.414 e. The largest absolute Gasteiger partial charge is 0.494 e. The molecule has 0 aliphatic carbocycles. The number of aliphatic carboxylic acids is 2. The number of carbonyl (C=O) groups is 2. The van der Waals surface area contributed by atoms with Gasteiger partial charge in [0, 0.05) is 6.20 Å². The molecule has 162 valence electrons. The molecular formula is C24H21N3O5. The van der Waals surface area contributed by atoms with Crippen molar-refractivity contribution in [1.29, 1.82) is 0 Å². The topological polar surface area (TPSA) is 115 Å². The molecule has 0 unspecified atom stereocenters. The molecule has 0 bridgehead atoms. The van der Waals surface area contributed by atoms with Gasteiger partial charge in [-0.15, -0.1) is 0 Å². The maximum absolute atomic E-state index is 9.10. The fourth-order valence-electron chi connectivity index (χ4n) is 2.90. The summed E-state index contributed by atoms with van der Waals surface area (Å²) < 4.78 is 7.56. The van der Waals surface area contributed by atoms with Gasteiger partial charge < -0.3 is 14.9 Å². The molecule has 0 amide bonds. The van der Waals surface area contributed by atoms with Crippen molar-refractivity contribution in [3.05, 3.63) is 84.3 Å². The Labute approximate surface area is 184 Å². The van der Waals surface area contributed by atoms with Crippen molar-refractivity contribution < 1.29 is 24.5 Å². The molecule has 4 rings (SSSR count). The Balaban J connectivity index is 0.000000427. The second kappa shape index (κ2) is 10.5. The molecule has 2 N–H and O–H groups in total. The Morgan fingerprint density at radius 1 is 0.938 bits per heavy atom. The van der Waals surface area contributed by atoms with Crippen LogP contribution in [0.5, 0.6) is 5.75 Å². The number of hydrogen-bond donors (Lipinski definition) is 2. The first-order chi connectivity index (χ1) is 15.5. The Bertz CT molecular complexity index is 1220. The van der Waals surface area contributed by atoms with Gasteiger partial charge in [-0.1, -0.05) is 36.4 Å². The molecule has 2 aromatic carbocycles. The quantitative estimate of drug-likeness (QED) is 0.456. The minimum Gasteiger partial charge on any atom is -0.494 e. The number of aromatic nitrogens is 3. The van der Waals surface area contributed by atoms with E-state index in [1.54, 1.807) is 6.20 Å². The van der Waals surface area contributed by atoms with Crippen LogP contribution in [0.25, 0.3) is 29.0 Å². The lowest BCUT2D eigenvalue weighted by atomic mass is 10.2. The van der Waals surface area contributed by atoms with Crippen LogP contribution < -0.4 is 4.74 Å². The minimum absolute atomic E-state index is 0.670. The highest BCUT2D eigenvalue weighted by atomic mass is 16.5. The molecule has 0 aliphatic rings. The van der Waals surface area contributed by atoms with Crippen molar-refractivity contribution in [2.75, 3.05) is 6.61 Å². The fraction of sp³-hybridized carbons (Fsp3) is 0.0833. The lowest BCUT2D eigenvalue weighted by Crippen LogP contribution is -2.09. The summed E-state index contributed by atoms with van der Waals surface area (Å²) in [7, 11) is 0. The van der Waals surface area contributed by atoms with E-state index in [0.717, 1.165) is 34.0 Å². The van der Waals surface area contributed by atoms with Gasteiger partial charge in [0.25, 0.3) is 0 Å². The molecule has 0 aliphatic heterocycles. The Morgan fingerprint density at radius 3 is 2.25 bits per heavy atom. The molecule has 0 fully saturated rings. The SMILES string of the molecule is CCOc1ccc(/C=C/c2nc3ccccc3n2-c2ccccn2)cc1.O=C(O)C(=O)O. The van der Waals surface area contributed by atoms with Crippen LogP contribution in [0, 0.1) is 0 Å². The second-order valence-corrected chi connectivity index (χ2v) is 6.43. The summed E-state index contributed by atoms with van der Waals surface area (Å²) in [5.41, 5.74) is 3.08. The van der Waals surface area contributed by atoms with Gasteiger partial charge in [-0.25, -0.2) is 19.6 Å². The van der Waals surface area contributed by atoms with Gasteiger partial charge in [-0.2, -0.15) is 0 Å². The van der Waals surface area contributed by atoms with Crippen LogP contribution in [0.15, 0.2) is 72.9 Å². The number of para-hydroxylation sites is 2. The van der Waals surface area contributed by atoms with E-state index < -0.39 is 11.9 Å². The number of rotatable bonds is 5. The summed E-state index contributed by atoms with van der Waals surface area (Å²) in [6.45, 7) is 2.65. The van der Waals surface area contributed by atoms with Crippen molar-refractivity contribution >= 4 is 35.1 Å². The Hall–Kier alpha value is -4.46. The van der Waals surface area contributed by atoms with Gasteiger partial charge in [0.2, 0.25) is 0 Å². The lowest BCUT2D eigenvalue weighted by Gasteiger charge is -2.05. The van der Waals surface area contributed by atoms with Crippen LogP contribution in [-0.2, 0) is 9.59 Å². The van der Waals surface area contributed by atoms with E-state index in [9.17, 15) is 0 Å². The molecule has 0 saturated heterocycles. The van der Waals surface area contributed by atoms with Crippen molar-refractivity contribution in [1.82, 2.24) is 14.5 Å². The van der Waals surface area contributed by atoms with Crippen LogP contribution in [-0.4, -0.2) is 43.3 Å². The third-order valence-corrected chi connectivity index (χ3v) is 4.26. The molecule has 2 heterocycles. The summed E-state index contributed by atoms with van der Waals surface area (Å²) in [4.78, 5) is 27.5. The number of pyridine rings is 1. The number of carboxylic acid groups (broad SMARTS) is 2. The van der Waals surface area contributed by atoms with E-state index in [2.05, 4.69) is 21.7 Å². The highest BCUT2D eigenvalue weighted by molar-refractivity contribution is 6.27. The molecule has 4 aromatic rings. The highest BCUT2D eigenvalue weighted by Crippen LogP contribution is 2.22. The Morgan fingerprint density at radius 2 is 1.62 bits per heavy atom. The number of carboxylic acids is 2. The van der Waals surface area contributed by atoms with E-state index in [0.29, 0.717) is 6.61 Å². The smallest absolute Gasteiger partial charge is 0.414 e. The number of fused-ring (bicyclic) bond motifs is 1. The zero-order chi connectivity index (χ0) is 22.9. The predicted octanol–water partition coefficient (Wildman–Crippen LogP) is 4.15. The number of ether oxygens (including phenoxy) is 1. The monoisotopic (exact) mass is 431 g/mol. The van der Waals surface area contributed by atoms with Crippen molar-refractivity contribution in [2.24, 2.45) is 0 Å². The second-order valence-electron chi connectivity index (χ2n) is 6.43. The van der Waals surface area contributed by atoms with Crippen LogP contribution in [0.3, 0.4) is 0 Å². The van der Waals surface area contributed by atoms with Crippen LogP contribution >= 0.6 is 0 Å². The van der Waals surface area contributed by atoms with Crippen molar-refractivity contribution in [3.63, 3.8) is 0 Å². The fourth-order valence-corrected chi connectivity index (χ4v) is 2.90. The average molecular weight is 431 g/mol. The first-order valence-corrected chi connectivity index (χ1v) is 9.75. The summed E-state index contributed by atoms with van der Waals surface area (Å²) in [6, 6.07) is 22.0. The standard InChI is InChI=1S/C22H19N3O.C2H2O4/c1-2-26-18-13-10-17(11-14-18)12-15-22-24-19-7-3-4-8-20(19)25(22)21-9-5-6-16-23-21;3-1(4)2(5)6/h3-16H,2H2,1H3;(H,3,4)(H,5,6)/b15-12+;. The molecule has 8 heteroatoms. The maximum atomic E-state index is 9.10. The van der Waals surface area contributed by atoms with E-state index >= 15 is 0 Å². The van der Waals surface area contributed by atoms with Crippen LogP contribution in [0.1, 0.15) is 18.3 Å². The summed E-state index contributed by atoms with van der Waals surface area (Å²) in [6.07, 6.45) is 5.87. The highest BCUT2D eigenvalue weighted by Gasteiger charge is 2.10. The molecular weight excluding hydrogens is 410 g/mol. The van der Waals surface area contributed by atoms with Gasteiger partial charge in [0.05, 0.1) is 17.6 Å². The van der Waals surface area contributed by atoms with Crippen molar-refractivity contribution in [3.8, 4) is 11.6 Å². The van der Waals surface area contributed by atoms with Gasteiger partial charge in [-0.3, -0.25) is 4.57 Å². The molecule has 0 atom stereocenters. The molecule has 32 heavy (non-hydrogen) atoms. The van der Waals surface area contributed by atoms with Crippen LogP contribution in [0.2, 0.25) is 0 Å². The number of nitrogens with zero attached hydrogens (tertiary/aromatic N) is 3. The van der Waals surface area contributed by atoms with Gasteiger partial charge >= 0.3 is 11.9 Å². The Kier molecular flexibility index (Phi) is 7.32. The summed E-state index contributed by atoms with van der Waals surface area (Å²) >= 11 is 0. The third kappa shape index (κ3) is 5.57. The molecule has 0 saturated carbocycles. The van der Waals surface area contributed by atoms with E-state index in [-0.39, 0.29) is 0 Å². The van der Waals surface area contributed by atoms with Crippen molar-refractivity contribution in [2.45, 2.75) is 6.92 Å². The zero-order valence-corrected chi connectivity index (χ0v) is 17.3. The number of benzene rings is 2. The van der Waals surface area contributed by atoms with Crippen LogP contribution in [0.4, 0.5) is 0 Å². The average Bonchev–Trinajstić information content (AvgIpc) is 3.18. The van der Waals surface area contributed by atoms with E-state index in [1.807, 2.05) is 73.7 Å². The minimum atomic E-state index is -1.82. The first-order valence-electron chi connectivity index (χ1n) is 9.75.